The summed E-state index contributed by atoms with van der Waals surface area (Å²) in [5.41, 5.74) is 0. The fraction of sp³-hybridized carbons (Fsp3) is 0.800. The second-order valence-electron chi connectivity index (χ2n) is 1.78. The van der Waals surface area contributed by atoms with Crippen LogP contribution in [0.1, 0.15) is 26.2 Å². The molecule has 1 nitrogen and oxygen atoms in total. The van der Waals surface area contributed by atoms with Crippen molar-refractivity contribution < 1.29 is 4.79 Å². The van der Waals surface area contributed by atoms with Gasteiger partial charge in [-0.2, -0.15) is 11.1 Å². The number of halogens is 1. The van der Waals surface area contributed by atoms with E-state index in [9.17, 15) is 4.79 Å². The third-order valence-electron chi connectivity index (χ3n) is 0.958. The highest BCUT2D eigenvalue weighted by atomic mass is 35.6. The lowest BCUT2D eigenvalue weighted by Gasteiger charge is -1.89. The van der Waals surface area contributed by atoms with E-state index >= 15 is 0 Å². The largest absolute Gasteiger partial charge is 0.305 e. The van der Waals surface area contributed by atoms with Crippen LogP contribution in [0.3, 0.4) is 0 Å². The van der Waals surface area contributed by atoms with Gasteiger partial charge in [0.15, 0.2) is 0 Å². The Labute approximate surface area is 56.9 Å². The van der Waals surface area contributed by atoms with Gasteiger partial charge in [-0.25, -0.2) is 0 Å². The van der Waals surface area contributed by atoms with E-state index in [1.165, 1.54) is 0 Å². The molecule has 0 rings (SSSR count). The smallest absolute Gasteiger partial charge is 0.200 e. The molecular weight excluding hydrogens is 140 g/mol. The first-order chi connectivity index (χ1) is 3.81. The van der Waals surface area contributed by atoms with E-state index in [1.807, 2.05) is 0 Å². The number of carbonyl (C=O) groups is 1. The van der Waals surface area contributed by atoms with Gasteiger partial charge in [0, 0.05) is 6.42 Å². The summed E-state index contributed by atoms with van der Waals surface area (Å²) in [5.74, 6) is 0. The molecule has 0 aromatic carbocycles. The van der Waals surface area contributed by atoms with Crippen LogP contribution in [0.15, 0.2) is 0 Å². The van der Waals surface area contributed by atoms with Crippen LogP contribution in [0.5, 0.6) is 0 Å². The van der Waals surface area contributed by atoms with Crippen molar-refractivity contribution in [2.45, 2.75) is 26.2 Å². The Kier molecular flexibility index (Phi) is 5.43. The number of rotatable bonds is 4. The SMILES string of the molecule is CCCCC(=O)[SiH2]Cl. The summed E-state index contributed by atoms with van der Waals surface area (Å²) in [6, 6.07) is 0. The van der Waals surface area contributed by atoms with Gasteiger partial charge in [-0.05, 0) is 6.42 Å². The van der Waals surface area contributed by atoms with Crippen LogP contribution in [0.25, 0.3) is 0 Å². The zero-order valence-electron chi connectivity index (χ0n) is 5.11. The maximum atomic E-state index is 10.5. The van der Waals surface area contributed by atoms with Gasteiger partial charge in [-0.15, -0.1) is 0 Å². The molecule has 0 bridgehead atoms. The molecule has 0 fully saturated rings. The summed E-state index contributed by atoms with van der Waals surface area (Å²) in [4.78, 5) is 10.5. The molecule has 0 aromatic rings. The van der Waals surface area contributed by atoms with Crippen molar-refractivity contribution in [2.75, 3.05) is 0 Å². The quantitative estimate of drug-likeness (QED) is 0.432. The average molecular weight is 151 g/mol. The molecule has 48 valence electrons. The van der Waals surface area contributed by atoms with Crippen molar-refractivity contribution in [1.29, 1.82) is 0 Å². The van der Waals surface area contributed by atoms with E-state index in [0.29, 0.717) is 11.8 Å². The number of carbonyl (C=O) groups excluding carboxylic acids is 1. The Hall–Kier alpha value is 0.177. The summed E-state index contributed by atoms with van der Waals surface area (Å²) in [6.07, 6.45) is 2.82. The summed E-state index contributed by atoms with van der Waals surface area (Å²) in [7, 11) is -0.849. The van der Waals surface area contributed by atoms with Gasteiger partial charge in [0.1, 0.15) is 5.41 Å². The predicted molar refractivity (Wildman–Crippen MR) is 38.9 cm³/mol. The molecule has 0 aliphatic heterocycles. The fourth-order valence-corrected chi connectivity index (χ4v) is 1.23. The minimum Gasteiger partial charge on any atom is -0.305 e. The molecular formula is C5H11ClOSi. The Bertz CT molecular complexity index is 74.8. The van der Waals surface area contributed by atoms with Crippen LogP contribution in [-0.2, 0) is 4.79 Å². The minimum absolute atomic E-state index is 0.300. The maximum Gasteiger partial charge on any atom is 0.200 e. The molecule has 8 heavy (non-hydrogen) atoms. The highest BCUT2D eigenvalue weighted by Gasteiger charge is 1.96. The average Bonchev–Trinajstić information content (AvgIpc) is 1.83. The maximum absolute atomic E-state index is 10.5. The lowest BCUT2D eigenvalue weighted by Crippen LogP contribution is -2.01. The zero-order valence-corrected chi connectivity index (χ0v) is 7.28. The van der Waals surface area contributed by atoms with E-state index in [1.54, 1.807) is 0 Å². The molecule has 0 saturated heterocycles. The zero-order chi connectivity index (χ0) is 6.41. The standard InChI is InChI=1S/C5H11ClOSi/c1-2-3-4-5(7)8-6/h2-4,8H2,1H3. The van der Waals surface area contributed by atoms with Crippen molar-refractivity contribution in [2.24, 2.45) is 0 Å². The summed E-state index contributed by atoms with van der Waals surface area (Å²) in [6.45, 7) is 2.07. The lowest BCUT2D eigenvalue weighted by molar-refractivity contribution is -0.111. The molecule has 0 aromatic heterocycles. The van der Waals surface area contributed by atoms with Crippen molar-refractivity contribution in [3.8, 4) is 0 Å². The molecule has 3 heteroatoms. The Morgan fingerprint density at radius 2 is 2.38 bits per heavy atom. The highest BCUT2D eigenvalue weighted by Crippen LogP contribution is 1.94. The predicted octanol–water partition coefficient (Wildman–Crippen LogP) is 1.03. The molecule has 0 atom stereocenters. The van der Waals surface area contributed by atoms with E-state index in [4.69, 9.17) is 11.1 Å². The summed E-state index contributed by atoms with van der Waals surface area (Å²) < 4.78 is 0. The van der Waals surface area contributed by atoms with Crippen molar-refractivity contribution in [1.82, 2.24) is 0 Å². The van der Waals surface area contributed by atoms with E-state index in [-0.39, 0.29) is 0 Å². The molecule has 0 amide bonds. The monoisotopic (exact) mass is 150 g/mol. The molecule has 0 unspecified atom stereocenters. The van der Waals surface area contributed by atoms with Gasteiger partial charge in [-0.1, -0.05) is 13.3 Å². The van der Waals surface area contributed by atoms with E-state index in [0.717, 1.165) is 12.8 Å². The van der Waals surface area contributed by atoms with E-state index in [2.05, 4.69) is 6.92 Å². The Morgan fingerprint density at radius 3 is 2.75 bits per heavy atom. The van der Waals surface area contributed by atoms with Crippen molar-refractivity contribution in [3.05, 3.63) is 0 Å². The third-order valence-corrected chi connectivity index (χ3v) is 2.50. The van der Waals surface area contributed by atoms with Gasteiger partial charge in [0.25, 0.3) is 0 Å². The third kappa shape index (κ3) is 4.34. The lowest BCUT2D eigenvalue weighted by atomic mass is 10.3. The summed E-state index contributed by atoms with van der Waals surface area (Å²) >= 11 is 5.38. The number of unbranched alkanes of at least 4 members (excludes halogenated alkanes) is 1. The molecule has 0 heterocycles. The second-order valence-corrected chi connectivity index (χ2v) is 3.63. The number of hydrogen-bond acceptors (Lipinski definition) is 1. The van der Waals surface area contributed by atoms with Gasteiger partial charge >= 0.3 is 0 Å². The molecule has 0 saturated carbocycles. The van der Waals surface area contributed by atoms with Crippen LogP contribution >= 0.6 is 11.1 Å². The molecule has 0 aliphatic carbocycles. The fourth-order valence-electron chi connectivity index (χ4n) is 0.441. The molecule has 0 aliphatic rings. The van der Waals surface area contributed by atoms with Gasteiger partial charge in [-0.3, -0.25) is 0 Å². The van der Waals surface area contributed by atoms with Crippen LogP contribution in [0, 0.1) is 0 Å². The van der Waals surface area contributed by atoms with Crippen molar-refractivity contribution >= 4 is 25.3 Å². The van der Waals surface area contributed by atoms with Gasteiger partial charge in [0.2, 0.25) is 8.83 Å². The highest BCUT2D eigenvalue weighted by molar-refractivity contribution is 7.11. The first-order valence-corrected chi connectivity index (χ1v) is 5.73. The normalized spacial score (nSPS) is 10.8. The molecule has 0 N–H and O–H groups in total. The van der Waals surface area contributed by atoms with Gasteiger partial charge in [0.05, 0.1) is 0 Å². The van der Waals surface area contributed by atoms with Crippen molar-refractivity contribution in [3.63, 3.8) is 0 Å². The first kappa shape index (κ1) is 8.18. The van der Waals surface area contributed by atoms with Crippen LogP contribution in [0.4, 0.5) is 0 Å². The second kappa shape index (κ2) is 5.32. The van der Waals surface area contributed by atoms with Crippen LogP contribution < -0.4 is 0 Å². The Balaban J connectivity index is 2.99. The number of hydrogen-bond donors (Lipinski definition) is 0. The van der Waals surface area contributed by atoms with E-state index < -0.39 is 8.83 Å². The minimum atomic E-state index is -0.849. The summed E-state index contributed by atoms with van der Waals surface area (Å²) in [5, 5.41) is 0.300. The molecule has 0 radical (unpaired) electrons. The first-order valence-electron chi connectivity index (χ1n) is 2.89. The van der Waals surface area contributed by atoms with Crippen LogP contribution in [-0.4, -0.2) is 14.2 Å². The topological polar surface area (TPSA) is 17.1 Å². The van der Waals surface area contributed by atoms with Gasteiger partial charge < -0.3 is 4.79 Å². The Morgan fingerprint density at radius 1 is 1.75 bits per heavy atom. The van der Waals surface area contributed by atoms with Crippen LogP contribution in [0.2, 0.25) is 0 Å². The molecule has 0 spiro atoms.